The number of pyridine rings is 1. The summed E-state index contributed by atoms with van der Waals surface area (Å²) in [6.07, 6.45) is 0. The average Bonchev–Trinajstić information content (AvgIpc) is 2.73. The molecule has 1 amide bonds. The number of halogens is 2. The molecule has 0 atom stereocenters. The minimum atomic E-state index is -3.98. The van der Waals surface area contributed by atoms with E-state index in [1.807, 2.05) is 0 Å². The molecule has 0 bridgehead atoms. The number of rotatable bonds is 7. The number of amides is 1. The van der Waals surface area contributed by atoms with Crippen molar-refractivity contribution >= 4 is 21.6 Å². The number of hydrogen-bond donors (Lipinski definition) is 2. The van der Waals surface area contributed by atoms with E-state index in [0.29, 0.717) is 11.8 Å². The molecule has 0 fully saturated rings. The van der Waals surface area contributed by atoms with E-state index in [1.54, 1.807) is 25.1 Å². The number of benzene rings is 2. The lowest BCUT2D eigenvalue weighted by atomic mass is 10.2. The number of aromatic nitrogens is 1. The Morgan fingerprint density at radius 1 is 1.03 bits per heavy atom. The molecular weight excluding hydrogens is 428 g/mol. The quantitative estimate of drug-likeness (QED) is 0.582. The summed E-state index contributed by atoms with van der Waals surface area (Å²) in [5, 5.41) is 2.46. The van der Waals surface area contributed by atoms with Gasteiger partial charge < -0.3 is 9.88 Å². The van der Waals surface area contributed by atoms with Crippen LogP contribution in [0.1, 0.15) is 11.3 Å². The Bertz CT molecular complexity index is 1280. The number of hydrogen-bond acceptors (Lipinski definition) is 4. The lowest BCUT2D eigenvalue weighted by molar-refractivity contribution is -0.121. The SMILES string of the molecule is Cc1ccc(NS(=O)(=O)c2ccccc2)c(=O)n1CC(=O)NCc1ccc(F)cc1F. The average molecular weight is 447 g/mol. The number of sulfonamides is 1. The van der Waals surface area contributed by atoms with Crippen molar-refractivity contribution in [3.05, 3.63) is 93.9 Å². The van der Waals surface area contributed by atoms with Crippen molar-refractivity contribution < 1.29 is 22.0 Å². The number of aryl methyl sites for hydroxylation is 1. The van der Waals surface area contributed by atoms with Gasteiger partial charge in [-0.3, -0.25) is 14.3 Å². The number of carbonyl (C=O) groups is 1. The van der Waals surface area contributed by atoms with Gasteiger partial charge in [-0.15, -0.1) is 0 Å². The first-order valence-electron chi connectivity index (χ1n) is 9.16. The minimum Gasteiger partial charge on any atom is -0.350 e. The zero-order valence-corrected chi connectivity index (χ0v) is 17.2. The van der Waals surface area contributed by atoms with Crippen molar-refractivity contribution in [3.8, 4) is 0 Å². The Labute approximate surface area is 177 Å². The first kappa shape index (κ1) is 22.2. The second kappa shape index (κ2) is 9.09. The molecule has 0 aliphatic carbocycles. The predicted octanol–water partition coefficient (Wildman–Crippen LogP) is 2.55. The topological polar surface area (TPSA) is 97.3 Å². The molecule has 0 saturated heterocycles. The molecule has 2 aromatic carbocycles. The maximum Gasteiger partial charge on any atom is 0.275 e. The van der Waals surface area contributed by atoms with Crippen molar-refractivity contribution in [2.45, 2.75) is 24.9 Å². The van der Waals surface area contributed by atoms with E-state index in [-0.39, 0.29) is 22.7 Å². The van der Waals surface area contributed by atoms with Gasteiger partial charge in [0, 0.05) is 23.9 Å². The van der Waals surface area contributed by atoms with Crippen LogP contribution in [0.3, 0.4) is 0 Å². The molecule has 0 spiro atoms. The third-order valence-electron chi connectivity index (χ3n) is 4.48. The molecule has 1 heterocycles. The van der Waals surface area contributed by atoms with E-state index in [1.165, 1.54) is 30.3 Å². The van der Waals surface area contributed by atoms with Crippen LogP contribution in [0, 0.1) is 18.6 Å². The second-order valence-electron chi connectivity index (χ2n) is 6.71. The second-order valence-corrected chi connectivity index (χ2v) is 8.39. The number of nitrogens with one attached hydrogen (secondary N) is 2. The summed E-state index contributed by atoms with van der Waals surface area (Å²) in [6.45, 7) is 0.983. The number of nitrogens with zero attached hydrogens (tertiary/aromatic N) is 1. The Balaban J connectivity index is 1.76. The molecule has 0 aliphatic heterocycles. The van der Waals surface area contributed by atoms with Crippen LogP contribution in [0.2, 0.25) is 0 Å². The van der Waals surface area contributed by atoms with Crippen LogP contribution < -0.4 is 15.6 Å². The summed E-state index contributed by atoms with van der Waals surface area (Å²) < 4.78 is 55.0. The normalized spacial score (nSPS) is 11.2. The van der Waals surface area contributed by atoms with Crippen molar-refractivity contribution in [3.63, 3.8) is 0 Å². The minimum absolute atomic E-state index is 0.0133. The van der Waals surface area contributed by atoms with Gasteiger partial charge >= 0.3 is 0 Å². The lowest BCUT2D eigenvalue weighted by Gasteiger charge is -2.14. The maximum atomic E-state index is 13.7. The van der Waals surface area contributed by atoms with Crippen LogP contribution in [0.15, 0.2) is 70.4 Å². The fraction of sp³-hybridized carbons (Fsp3) is 0.143. The Morgan fingerprint density at radius 3 is 2.42 bits per heavy atom. The molecule has 2 N–H and O–H groups in total. The highest BCUT2D eigenvalue weighted by Crippen LogP contribution is 2.13. The van der Waals surface area contributed by atoms with Crippen LogP contribution >= 0.6 is 0 Å². The zero-order chi connectivity index (χ0) is 22.6. The van der Waals surface area contributed by atoms with Gasteiger partial charge in [-0.1, -0.05) is 24.3 Å². The molecule has 1 aromatic heterocycles. The Hall–Kier alpha value is -3.53. The summed E-state index contributed by atoms with van der Waals surface area (Å²) in [5.74, 6) is -2.13. The van der Waals surface area contributed by atoms with E-state index < -0.39 is 39.7 Å². The van der Waals surface area contributed by atoms with Crippen LogP contribution in [0.4, 0.5) is 14.5 Å². The monoisotopic (exact) mass is 447 g/mol. The van der Waals surface area contributed by atoms with Gasteiger partial charge in [0.1, 0.15) is 23.9 Å². The highest BCUT2D eigenvalue weighted by Gasteiger charge is 2.18. The van der Waals surface area contributed by atoms with E-state index in [0.717, 1.165) is 10.6 Å². The van der Waals surface area contributed by atoms with Crippen molar-refractivity contribution in [2.75, 3.05) is 4.72 Å². The van der Waals surface area contributed by atoms with Gasteiger partial charge in [-0.2, -0.15) is 0 Å². The van der Waals surface area contributed by atoms with Crippen LogP contribution in [0.5, 0.6) is 0 Å². The molecule has 10 heteroatoms. The molecule has 162 valence electrons. The van der Waals surface area contributed by atoms with Crippen LogP contribution in [0.25, 0.3) is 0 Å². The molecule has 3 rings (SSSR count). The number of anilines is 1. The van der Waals surface area contributed by atoms with Gasteiger partial charge in [-0.05, 0) is 37.3 Å². The van der Waals surface area contributed by atoms with Gasteiger partial charge in [0.05, 0.1) is 4.90 Å². The largest absolute Gasteiger partial charge is 0.350 e. The van der Waals surface area contributed by atoms with Crippen molar-refractivity contribution in [2.24, 2.45) is 0 Å². The fourth-order valence-electron chi connectivity index (χ4n) is 2.81. The van der Waals surface area contributed by atoms with Gasteiger partial charge in [0.25, 0.3) is 15.6 Å². The molecule has 31 heavy (non-hydrogen) atoms. The summed E-state index contributed by atoms with van der Waals surface area (Å²) in [7, 11) is -3.98. The first-order valence-corrected chi connectivity index (χ1v) is 10.6. The molecule has 7 nitrogen and oxygen atoms in total. The Morgan fingerprint density at radius 2 is 1.74 bits per heavy atom. The summed E-state index contributed by atoms with van der Waals surface area (Å²) in [6, 6.07) is 13.3. The van der Waals surface area contributed by atoms with Crippen LogP contribution in [-0.2, 0) is 27.9 Å². The van der Waals surface area contributed by atoms with E-state index in [9.17, 15) is 26.8 Å². The first-order chi connectivity index (χ1) is 14.7. The molecule has 3 aromatic rings. The van der Waals surface area contributed by atoms with Gasteiger partial charge in [0.2, 0.25) is 5.91 Å². The highest BCUT2D eigenvalue weighted by atomic mass is 32.2. The molecule has 0 aliphatic rings. The van der Waals surface area contributed by atoms with E-state index >= 15 is 0 Å². The predicted molar refractivity (Wildman–Crippen MR) is 111 cm³/mol. The van der Waals surface area contributed by atoms with Gasteiger partial charge in [0.15, 0.2) is 0 Å². The smallest absolute Gasteiger partial charge is 0.275 e. The van der Waals surface area contributed by atoms with Crippen molar-refractivity contribution in [1.82, 2.24) is 9.88 Å². The molecular formula is C21H19F2N3O4S. The van der Waals surface area contributed by atoms with Gasteiger partial charge in [-0.25, -0.2) is 17.2 Å². The Kier molecular flexibility index (Phi) is 6.50. The summed E-state index contributed by atoms with van der Waals surface area (Å²) in [4.78, 5) is 25.0. The fourth-order valence-corrected chi connectivity index (χ4v) is 3.88. The third kappa shape index (κ3) is 5.34. The molecule has 0 unspecified atom stereocenters. The molecule has 0 radical (unpaired) electrons. The third-order valence-corrected chi connectivity index (χ3v) is 5.86. The lowest BCUT2D eigenvalue weighted by Crippen LogP contribution is -2.34. The van der Waals surface area contributed by atoms with Crippen LogP contribution in [-0.4, -0.2) is 18.9 Å². The zero-order valence-electron chi connectivity index (χ0n) is 16.4. The highest BCUT2D eigenvalue weighted by molar-refractivity contribution is 7.92. The van der Waals surface area contributed by atoms with Crippen molar-refractivity contribution in [1.29, 1.82) is 0 Å². The van der Waals surface area contributed by atoms with E-state index in [4.69, 9.17) is 0 Å². The number of carbonyl (C=O) groups excluding carboxylic acids is 1. The standard InChI is InChI=1S/C21H19F2N3O4S/c1-14-7-10-19(25-31(29,30)17-5-3-2-4-6-17)21(28)26(14)13-20(27)24-12-15-8-9-16(22)11-18(15)23/h2-11,25H,12-13H2,1H3,(H,24,27). The van der Waals surface area contributed by atoms with E-state index in [2.05, 4.69) is 10.0 Å². The maximum absolute atomic E-state index is 13.7. The summed E-state index contributed by atoms with van der Waals surface area (Å²) >= 11 is 0. The molecule has 0 saturated carbocycles. The summed E-state index contributed by atoms with van der Waals surface area (Å²) in [5.41, 5.74) is -0.409.